The number of hydrogen-bond donors (Lipinski definition) is 2. The van der Waals surface area contributed by atoms with Crippen LogP contribution in [0.4, 0.5) is 4.39 Å². The van der Waals surface area contributed by atoms with Crippen LogP contribution in [-0.2, 0) is 13.1 Å². The van der Waals surface area contributed by atoms with E-state index in [1.54, 1.807) is 19.5 Å². The highest BCUT2D eigenvalue weighted by Gasteiger charge is 2.28. The summed E-state index contributed by atoms with van der Waals surface area (Å²) in [6, 6.07) is 11.2. The third-order valence-electron chi connectivity index (χ3n) is 7.16. The van der Waals surface area contributed by atoms with Crippen molar-refractivity contribution in [2.45, 2.75) is 31.8 Å². The van der Waals surface area contributed by atoms with Gasteiger partial charge in [0.2, 0.25) is 11.8 Å². The van der Waals surface area contributed by atoms with Gasteiger partial charge < -0.3 is 19.9 Å². The maximum Gasteiger partial charge on any atom is 0.237 e. The van der Waals surface area contributed by atoms with Crippen molar-refractivity contribution in [3.05, 3.63) is 70.2 Å². The molecule has 5 rings (SSSR count). The summed E-state index contributed by atoms with van der Waals surface area (Å²) < 4.78 is 25.0. The van der Waals surface area contributed by atoms with Crippen molar-refractivity contribution in [3.63, 3.8) is 0 Å². The quantitative estimate of drug-likeness (QED) is 0.263. The minimum Gasteiger partial charge on any atom is -0.480 e. The van der Waals surface area contributed by atoms with Gasteiger partial charge in [-0.2, -0.15) is 0 Å². The lowest BCUT2D eigenvalue weighted by atomic mass is 9.98. The first kappa shape index (κ1) is 30.1. The van der Waals surface area contributed by atoms with Crippen LogP contribution in [0.3, 0.4) is 0 Å². The second-order valence-corrected chi connectivity index (χ2v) is 10.7. The molecule has 0 saturated carbocycles. The van der Waals surface area contributed by atoms with Gasteiger partial charge in [-0.1, -0.05) is 59.6 Å². The van der Waals surface area contributed by atoms with E-state index in [0.29, 0.717) is 92.9 Å². The Morgan fingerprint density at radius 2 is 1.43 bits per heavy atom. The molecule has 0 bridgehead atoms. The van der Waals surface area contributed by atoms with Gasteiger partial charge in [0.05, 0.1) is 54.2 Å². The summed E-state index contributed by atoms with van der Waals surface area (Å²) in [6.45, 7) is 1.55. The molecule has 2 aromatic heterocycles. The Morgan fingerprint density at radius 3 is 1.95 bits per heavy atom. The Bertz CT molecular complexity index is 1580. The molecule has 42 heavy (non-hydrogen) atoms. The van der Waals surface area contributed by atoms with Crippen molar-refractivity contribution in [2.75, 3.05) is 34.4 Å². The number of methoxy groups -OCH3 is 2. The first-order chi connectivity index (χ1) is 20.3. The monoisotopic (exact) mass is 612 g/mol. The van der Waals surface area contributed by atoms with Gasteiger partial charge in [0.25, 0.3) is 0 Å². The number of aromatic nitrogens is 4. The van der Waals surface area contributed by atoms with Gasteiger partial charge >= 0.3 is 0 Å². The lowest BCUT2D eigenvalue weighted by Crippen LogP contribution is -2.44. The van der Waals surface area contributed by atoms with E-state index in [1.165, 1.54) is 7.11 Å². The highest BCUT2D eigenvalue weighted by Crippen LogP contribution is 2.42. The Balaban J connectivity index is 1.47. The highest BCUT2D eigenvalue weighted by atomic mass is 35.5. The van der Waals surface area contributed by atoms with E-state index in [4.69, 9.17) is 32.7 Å². The van der Waals surface area contributed by atoms with E-state index in [1.807, 2.05) is 48.3 Å². The largest absolute Gasteiger partial charge is 0.480 e. The highest BCUT2D eigenvalue weighted by molar-refractivity contribution is 6.39. The van der Waals surface area contributed by atoms with Crippen LogP contribution in [0.2, 0.25) is 10.0 Å². The van der Waals surface area contributed by atoms with Gasteiger partial charge in [0.15, 0.2) is 0 Å². The molecule has 2 N–H and O–H groups in total. The average molecular weight is 614 g/mol. The molecule has 12 heteroatoms. The molecular formula is C30H31Cl2FN6O3. The summed E-state index contributed by atoms with van der Waals surface area (Å²) in [6.07, 6.45) is 1.43. The number of rotatable bonds is 9. The summed E-state index contributed by atoms with van der Waals surface area (Å²) >= 11 is 13.9. The minimum atomic E-state index is -1.30. The Hall–Kier alpha value is -3.41. The average Bonchev–Trinajstić information content (AvgIpc) is 3.00. The fourth-order valence-corrected chi connectivity index (χ4v) is 5.61. The number of alkyl halides is 1. The summed E-state index contributed by atoms with van der Waals surface area (Å²) in [7, 11) is 4.90. The lowest BCUT2D eigenvalue weighted by Gasteiger charge is -2.31. The van der Waals surface area contributed by atoms with Gasteiger partial charge in [0.1, 0.15) is 17.6 Å². The molecule has 9 nitrogen and oxygen atoms in total. The Kier molecular flexibility index (Phi) is 9.50. The number of likely N-dealkylation sites (tertiary alicyclic amines) is 1. The van der Waals surface area contributed by atoms with E-state index in [0.717, 1.165) is 0 Å². The van der Waals surface area contributed by atoms with E-state index < -0.39 is 12.3 Å². The fraction of sp³-hybridized carbons (Fsp3) is 0.333. The summed E-state index contributed by atoms with van der Waals surface area (Å²) in [5.41, 5.74) is 5.10. The zero-order valence-corrected chi connectivity index (χ0v) is 25.0. The molecule has 1 aliphatic heterocycles. The van der Waals surface area contributed by atoms with Crippen molar-refractivity contribution in [2.24, 2.45) is 0 Å². The van der Waals surface area contributed by atoms with Crippen molar-refractivity contribution in [3.8, 4) is 45.4 Å². The molecule has 0 amide bonds. The molecule has 1 saturated heterocycles. The molecule has 0 spiro atoms. The minimum absolute atomic E-state index is 0.125. The van der Waals surface area contributed by atoms with Crippen LogP contribution >= 0.6 is 23.2 Å². The number of aliphatic hydroxyl groups excluding tert-OH is 1. The predicted molar refractivity (Wildman–Crippen MR) is 161 cm³/mol. The smallest absolute Gasteiger partial charge is 0.237 e. The van der Waals surface area contributed by atoms with Crippen molar-refractivity contribution < 1.29 is 19.0 Å². The molecule has 3 heterocycles. The van der Waals surface area contributed by atoms with Crippen molar-refractivity contribution in [1.29, 1.82) is 0 Å². The van der Waals surface area contributed by atoms with Crippen LogP contribution in [0.15, 0.2) is 48.8 Å². The second kappa shape index (κ2) is 13.3. The number of nitrogens with zero attached hydrogens (tertiary/aromatic N) is 5. The van der Waals surface area contributed by atoms with Crippen LogP contribution in [-0.4, -0.2) is 76.6 Å². The first-order valence-corrected chi connectivity index (χ1v) is 14.2. The number of hydrogen-bond acceptors (Lipinski definition) is 9. The summed E-state index contributed by atoms with van der Waals surface area (Å²) in [5.74, 6) is 0.742. The fourth-order valence-electron chi connectivity index (χ4n) is 4.96. The van der Waals surface area contributed by atoms with E-state index in [-0.39, 0.29) is 6.54 Å². The van der Waals surface area contributed by atoms with Crippen LogP contribution < -0.4 is 14.8 Å². The van der Waals surface area contributed by atoms with Gasteiger partial charge in [0, 0.05) is 48.4 Å². The summed E-state index contributed by atoms with van der Waals surface area (Å²) in [4.78, 5) is 20.3. The molecule has 4 aromatic rings. The standard InChI is InChI=1S/C30H31Cl2FN6O3/c1-34-12-24-29(41-2)37-22(13-35-24)19-8-4-6-17(27(19)31)18-7-5-9-20(28(18)32)23-14-36-25(30(38-23)42-3)16-39-11-10-26(40)21(33)15-39/h4-9,13-14,21,26,34,40H,10-12,15-16H2,1-3H3/t21-,26?/m1/s1. The van der Waals surface area contributed by atoms with Crippen LogP contribution in [0.5, 0.6) is 11.8 Å². The van der Waals surface area contributed by atoms with Crippen LogP contribution in [0.25, 0.3) is 33.6 Å². The molecule has 220 valence electrons. The number of ether oxygens (including phenoxy) is 2. The zero-order chi connectivity index (χ0) is 29.8. The zero-order valence-electron chi connectivity index (χ0n) is 23.4. The molecule has 0 aliphatic carbocycles. The Morgan fingerprint density at radius 1 is 0.905 bits per heavy atom. The normalized spacial score (nSPS) is 17.3. The van der Waals surface area contributed by atoms with Gasteiger partial charge in [-0.3, -0.25) is 14.9 Å². The van der Waals surface area contributed by atoms with Crippen molar-refractivity contribution in [1.82, 2.24) is 30.2 Å². The number of halogens is 3. The molecule has 2 atom stereocenters. The van der Waals surface area contributed by atoms with Gasteiger partial charge in [-0.15, -0.1) is 0 Å². The van der Waals surface area contributed by atoms with Gasteiger partial charge in [-0.05, 0) is 13.5 Å². The Labute approximate surface area is 253 Å². The third-order valence-corrected chi connectivity index (χ3v) is 7.97. The predicted octanol–water partition coefficient (Wildman–Crippen LogP) is 5.22. The molecule has 2 aromatic carbocycles. The molecule has 0 radical (unpaired) electrons. The maximum atomic E-state index is 14.1. The molecular weight excluding hydrogens is 582 g/mol. The van der Waals surface area contributed by atoms with Crippen LogP contribution in [0, 0.1) is 0 Å². The maximum absolute atomic E-state index is 14.1. The van der Waals surface area contributed by atoms with Gasteiger partial charge in [-0.25, -0.2) is 14.4 Å². The topological polar surface area (TPSA) is 106 Å². The van der Waals surface area contributed by atoms with Crippen LogP contribution in [0.1, 0.15) is 17.8 Å². The molecule has 1 aliphatic rings. The number of nitrogens with one attached hydrogen (secondary N) is 1. The molecule has 1 unspecified atom stereocenters. The van der Waals surface area contributed by atoms with E-state index >= 15 is 0 Å². The number of aliphatic hydroxyl groups is 1. The third kappa shape index (κ3) is 6.18. The lowest BCUT2D eigenvalue weighted by molar-refractivity contribution is 0.00332. The van der Waals surface area contributed by atoms with Crippen molar-refractivity contribution >= 4 is 23.2 Å². The molecule has 1 fully saturated rings. The SMILES string of the molecule is CNCc1ncc(-c2cccc(-c3cccc(-c4cnc(CN5CCC(O)[C@H](F)C5)c(OC)n4)c3Cl)c2Cl)nc1OC. The summed E-state index contributed by atoms with van der Waals surface area (Å²) in [5, 5.41) is 13.7. The van der Waals surface area contributed by atoms with E-state index in [9.17, 15) is 9.50 Å². The second-order valence-electron chi connectivity index (χ2n) is 9.89. The number of benzene rings is 2. The number of piperidine rings is 1. The van der Waals surface area contributed by atoms with E-state index in [2.05, 4.69) is 25.3 Å². The first-order valence-electron chi connectivity index (χ1n) is 13.4.